The molecule has 0 atom stereocenters. The SMILES string of the molecule is N#CCCCOc1cccc(/C=C/C(=O)c2ccc(S(=O)(=O)N3CCOCC3)cc2)c1. The molecule has 1 aliphatic rings. The molecule has 2 aromatic carbocycles. The number of rotatable bonds is 9. The number of nitrogens with zero attached hydrogens (tertiary/aromatic N) is 2. The van der Waals surface area contributed by atoms with E-state index in [1.165, 1.54) is 34.6 Å². The van der Waals surface area contributed by atoms with Gasteiger partial charge >= 0.3 is 0 Å². The molecule has 0 saturated carbocycles. The van der Waals surface area contributed by atoms with Crippen molar-refractivity contribution in [2.45, 2.75) is 17.7 Å². The maximum atomic E-state index is 12.7. The van der Waals surface area contributed by atoms with Crippen molar-refractivity contribution in [3.05, 3.63) is 65.7 Å². The second-order valence-corrected chi connectivity index (χ2v) is 8.86. The summed E-state index contributed by atoms with van der Waals surface area (Å²) >= 11 is 0. The predicted octanol–water partition coefficient (Wildman–Crippen LogP) is 3.29. The van der Waals surface area contributed by atoms with Crippen molar-refractivity contribution in [1.29, 1.82) is 5.26 Å². The maximum Gasteiger partial charge on any atom is 0.243 e. The van der Waals surface area contributed by atoms with Gasteiger partial charge in [0.05, 0.1) is 30.8 Å². The summed E-state index contributed by atoms with van der Waals surface area (Å²) in [6.07, 6.45) is 4.23. The summed E-state index contributed by atoms with van der Waals surface area (Å²) in [6, 6.07) is 15.3. The van der Waals surface area contributed by atoms with Crippen LogP contribution >= 0.6 is 0 Å². The molecule has 0 radical (unpaired) electrons. The molecule has 8 heteroatoms. The van der Waals surface area contributed by atoms with Gasteiger partial charge in [-0.3, -0.25) is 4.79 Å². The van der Waals surface area contributed by atoms with Gasteiger partial charge in [0, 0.05) is 25.1 Å². The first-order chi connectivity index (χ1) is 15.0. The maximum absolute atomic E-state index is 12.7. The van der Waals surface area contributed by atoms with Crippen molar-refractivity contribution < 1.29 is 22.7 Å². The van der Waals surface area contributed by atoms with Crippen LogP contribution in [0, 0.1) is 11.3 Å². The molecule has 0 amide bonds. The van der Waals surface area contributed by atoms with E-state index in [9.17, 15) is 13.2 Å². The Morgan fingerprint density at radius 3 is 2.61 bits per heavy atom. The number of hydrogen-bond acceptors (Lipinski definition) is 6. The zero-order valence-corrected chi connectivity index (χ0v) is 17.9. The molecule has 1 aliphatic heterocycles. The highest BCUT2D eigenvalue weighted by molar-refractivity contribution is 7.89. The van der Waals surface area contributed by atoms with E-state index in [2.05, 4.69) is 6.07 Å². The summed E-state index contributed by atoms with van der Waals surface area (Å²) in [5, 5.41) is 8.56. The summed E-state index contributed by atoms with van der Waals surface area (Å²) < 4.78 is 37.5. The summed E-state index contributed by atoms with van der Waals surface area (Å²) in [6.45, 7) is 1.87. The number of morpholine rings is 1. The number of ketones is 1. The highest BCUT2D eigenvalue weighted by Crippen LogP contribution is 2.19. The Morgan fingerprint density at radius 2 is 1.90 bits per heavy atom. The minimum atomic E-state index is -3.58. The number of carbonyl (C=O) groups excluding carboxylic acids is 1. The fraction of sp³-hybridized carbons (Fsp3) is 0.304. The monoisotopic (exact) mass is 440 g/mol. The van der Waals surface area contributed by atoms with Gasteiger partial charge < -0.3 is 9.47 Å². The molecule has 0 N–H and O–H groups in total. The molecule has 3 rings (SSSR count). The van der Waals surface area contributed by atoms with Crippen molar-refractivity contribution in [2.24, 2.45) is 0 Å². The lowest BCUT2D eigenvalue weighted by Crippen LogP contribution is -2.40. The van der Waals surface area contributed by atoms with E-state index in [1.54, 1.807) is 6.08 Å². The predicted molar refractivity (Wildman–Crippen MR) is 116 cm³/mol. The number of sulfonamides is 1. The van der Waals surface area contributed by atoms with E-state index in [1.807, 2.05) is 24.3 Å². The fourth-order valence-corrected chi connectivity index (χ4v) is 4.45. The number of carbonyl (C=O) groups is 1. The Labute approximate surface area is 182 Å². The van der Waals surface area contributed by atoms with Gasteiger partial charge in [0.15, 0.2) is 5.78 Å². The third-order valence-electron chi connectivity index (χ3n) is 4.73. The van der Waals surface area contributed by atoms with Crippen molar-refractivity contribution in [3.8, 4) is 11.8 Å². The van der Waals surface area contributed by atoms with Crippen LogP contribution in [0.2, 0.25) is 0 Å². The Kier molecular flexibility index (Phi) is 7.95. The third kappa shape index (κ3) is 6.25. The first-order valence-electron chi connectivity index (χ1n) is 10.0. The number of allylic oxidation sites excluding steroid dienone is 1. The third-order valence-corrected chi connectivity index (χ3v) is 6.65. The lowest BCUT2D eigenvalue weighted by atomic mass is 10.1. The molecular weight excluding hydrogens is 416 g/mol. The van der Waals surface area contributed by atoms with E-state index in [0.717, 1.165) is 5.56 Å². The summed E-state index contributed by atoms with van der Waals surface area (Å²) in [4.78, 5) is 12.6. The van der Waals surface area contributed by atoms with Gasteiger partial charge in [-0.1, -0.05) is 18.2 Å². The van der Waals surface area contributed by atoms with Crippen molar-refractivity contribution in [3.63, 3.8) is 0 Å². The molecule has 162 valence electrons. The van der Waals surface area contributed by atoms with E-state index in [0.29, 0.717) is 57.1 Å². The topological polar surface area (TPSA) is 96.7 Å². The van der Waals surface area contributed by atoms with Gasteiger partial charge in [-0.15, -0.1) is 0 Å². The summed E-state index contributed by atoms with van der Waals surface area (Å²) in [7, 11) is -3.58. The number of benzene rings is 2. The quantitative estimate of drug-likeness (QED) is 0.337. The largest absolute Gasteiger partial charge is 0.494 e. The molecule has 1 fully saturated rings. The van der Waals surface area contributed by atoms with Crippen LogP contribution in [0.15, 0.2) is 59.5 Å². The second kappa shape index (κ2) is 10.9. The van der Waals surface area contributed by atoms with Gasteiger partial charge in [-0.25, -0.2) is 8.42 Å². The van der Waals surface area contributed by atoms with Crippen LogP contribution in [0.3, 0.4) is 0 Å². The van der Waals surface area contributed by atoms with Crippen molar-refractivity contribution in [2.75, 3.05) is 32.9 Å². The van der Waals surface area contributed by atoms with Crippen LogP contribution in [-0.2, 0) is 14.8 Å². The molecule has 0 aliphatic carbocycles. The molecule has 0 bridgehead atoms. The zero-order valence-electron chi connectivity index (χ0n) is 17.1. The molecule has 2 aromatic rings. The molecular formula is C23H24N2O5S. The highest BCUT2D eigenvalue weighted by Gasteiger charge is 2.26. The van der Waals surface area contributed by atoms with Gasteiger partial charge in [0.25, 0.3) is 0 Å². The lowest BCUT2D eigenvalue weighted by molar-refractivity contribution is 0.0730. The molecule has 0 aromatic heterocycles. The van der Waals surface area contributed by atoms with Crippen LogP contribution in [0.1, 0.15) is 28.8 Å². The zero-order chi connectivity index (χ0) is 22.1. The van der Waals surface area contributed by atoms with Gasteiger partial charge in [-0.2, -0.15) is 9.57 Å². The van der Waals surface area contributed by atoms with E-state index >= 15 is 0 Å². The average molecular weight is 441 g/mol. The van der Waals surface area contributed by atoms with E-state index in [-0.39, 0.29) is 10.7 Å². The summed E-state index contributed by atoms with van der Waals surface area (Å²) in [5.74, 6) is 0.445. The van der Waals surface area contributed by atoms with E-state index in [4.69, 9.17) is 14.7 Å². The number of ether oxygens (including phenoxy) is 2. The van der Waals surface area contributed by atoms with Crippen LogP contribution in [0.25, 0.3) is 6.08 Å². The number of nitriles is 1. The highest BCUT2D eigenvalue weighted by atomic mass is 32.2. The normalized spacial score (nSPS) is 14.9. The fourth-order valence-electron chi connectivity index (χ4n) is 3.04. The van der Waals surface area contributed by atoms with Gasteiger partial charge in [0.2, 0.25) is 10.0 Å². The molecule has 31 heavy (non-hydrogen) atoms. The molecule has 1 saturated heterocycles. The average Bonchev–Trinajstić information content (AvgIpc) is 2.81. The minimum absolute atomic E-state index is 0.163. The van der Waals surface area contributed by atoms with Gasteiger partial charge in [0.1, 0.15) is 5.75 Å². The standard InChI is InChI=1S/C23H24N2O5S/c24-12-1-2-15-30-21-5-3-4-19(18-21)6-11-23(26)20-7-9-22(10-8-20)31(27,28)25-13-16-29-17-14-25/h3-11,18H,1-2,13-17H2/b11-6+. The van der Waals surface area contributed by atoms with Crippen LogP contribution in [-0.4, -0.2) is 51.4 Å². The molecule has 0 spiro atoms. The van der Waals surface area contributed by atoms with Crippen LogP contribution in [0.5, 0.6) is 5.75 Å². The van der Waals surface area contributed by atoms with Crippen LogP contribution in [0.4, 0.5) is 0 Å². The Hall–Kier alpha value is -2.99. The Balaban J connectivity index is 1.63. The molecule has 7 nitrogen and oxygen atoms in total. The molecule has 0 unspecified atom stereocenters. The molecule has 1 heterocycles. The van der Waals surface area contributed by atoms with Gasteiger partial charge in [-0.05, 0) is 54.5 Å². The van der Waals surface area contributed by atoms with Crippen molar-refractivity contribution in [1.82, 2.24) is 4.31 Å². The number of hydrogen-bond donors (Lipinski definition) is 0. The minimum Gasteiger partial charge on any atom is -0.494 e. The van der Waals surface area contributed by atoms with E-state index < -0.39 is 10.0 Å². The Morgan fingerprint density at radius 1 is 1.16 bits per heavy atom. The summed E-state index contributed by atoms with van der Waals surface area (Å²) in [5.41, 5.74) is 1.21. The smallest absolute Gasteiger partial charge is 0.243 e. The Bertz CT molecular complexity index is 1070. The lowest BCUT2D eigenvalue weighted by Gasteiger charge is -2.26. The van der Waals surface area contributed by atoms with Crippen LogP contribution < -0.4 is 4.74 Å². The second-order valence-electron chi connectivity index (χ2n) is 6.92. The van der Waals surface area contributed by atoms with Crippen molar-refractivity contribution >= 4 is 21.9 Å². The first-order valence-corrected chi connectivity index (χ1v) is 11.4. The first kappa shape index (κ1) is 22.7. The number of unbranched alkanes of at least 4 members (excludes halogenated alkanes) is 1.